The van der Waals surface area contributed by atoms with Crippen LogP contribution in [0.3, 0.4) is 0 Å². The summed E-state index contributed by atoms with van der Waals surface area (Å²) < 4.78 is 18.6. The molecule has 140 valence electrons. The molecule has 0 N–H and O–H groups in total. The van der Waals surface area contributed by atoms with E-state index in [2.05, 4.69) is 11.9 Å². The van der Waals surface area contributed by atoms with E-state index in [1.165, 1.54) is 0 Å². The molecule has 26 heavy (non-hydrogen) atoms. The molecule has 0 amide bonds. The van der Waals surface area contributed by atoms with Crippen LogP contribution in [0.4, 0.5) is 0 Å². The average molecular weight is 357 g/mol. The average Bonchev–Trinajstić information content (AvgIpc) is 2.78. The highest BCUT2D eigenvalue weighted by molar-refractivity contribution is 6.62. The zero-order chi connectivity index (χ0) is 18.7. The second kappa shape index (κ2) is 5.81. The van der Waals surface area contributed by atoms with E-state index in [4.69, 9.17) is 14.0 Å². The third-order valence-corrected chi connectivity index (χ3v) is 6.54. The Balaban J connectivity index is 1.59. The topological polar surface area (TPSA) is 48.0 Å². The number of ether oxygens (including phenoxy) is 1. The maximum Gasteiger partial charge on any atom is 0.494 e. The first-order chi connectivity index (χ1) is 12.1. The van der Waals surface area contributed by atoms with Crippen molar-refractivity contribution < 1.29 is 18.8 Å². The number of Topliss-reactive ketones (excluding diaryl/α,β-unsaturated/α-hetero) is 1. The fourth-order valence-electron chi connectivity index (χ4n) is 3.94. The Hall–Kier alpha value is -1.37. The summed E-state index contributed by atoms with van der Waals surface area (Å²) in [7, 11) is 1.65. The van der Waals surface area contributed by atoms with Gasteiger partial charge in [0, 0.05) is 25.9 Å². The van der Waals surface area contributed by atoms with E-state index < -0.39 is 18.3 Å². The van der Waals surface area contributed by atoms with Gasteiger partial charge in [-0.3, -0.25) is 4.79 Å². The molecule has 3 aliphatic heterocycles. The van der Waals surface area contributed by atoms with Crippen LogP contribution in [0.1, 0.15) is 57.3 Å². The van der Waals surface area contributed by atoms with Crippen LogP contribution in [0.2, 0.25) is 0 Å². The van der Waals surface area contributed by atoms with Crippen LogP contribution in [0.5, 0.6) is 5.75 Å². The van der Waals surface area contributed by atoms with E-state index >= 15 is 0 Å². The van der Waals surface area contributed by atoms with E-state index in [1.807, 2.05) is 45.9 Å². The Bertz CT molecular complexity index is 721. The molecule has 0 aromatic heterocycles. The second-order valence-corrected chi connectivity index (χ2v) is 9.03. The minimum absolute atomic E-state index is 0.161. The molecular formula is C20H28BNO4. The molecule has 3 heterocycles. The van der Waals surface area contributed by atoms with Gasteiger partial charge in [-0.05, 0) is 52.3 Å². The number of piperidine rings is 1. The van der Waals surface area contributed by atoms with Crippen LogP contribution in [0, 0.1) is 0 Å². The lowest BCUT2D eigenvalue weighted by Crippen LogP contribution is -2.50. The highest BCUT2D eigenvalue weighted by Crippen LogP contribution is 2.40. The van der Waals surface area contributed by atoms with Crippen molar-refractivity contribution in [1.82, 2.24) is 4.90 Å². The molecule has 4 rings (SSSR count). The van der Waals surface area contributed by atoms with Crippen LogP contribution in [-0.4, -0.2) is 54.7 Å². The summed E-state index contributed by atoms with van der Waals surface area (Å²) in [5.41, 5.74) is 0.404. The normalized spacial score (nSPS) is 26.7. The summed E-state index contributed by atoms with van der Waals surface area (Å²) >= 11 is 0. The number of hydrogen-bond donors (Lipinski definition) is 0. The Labute approximate surface area is 156 Å². The summed E-state index contributed by atoms with van der Waals surface area (Å²) in [6.45, 7) is 10.1. The lowest BCUT2D eigenvalue weighted by atomic mass is 9.76. The van der Waals surface area contributed by atoms with Crippen molar-refractivity contribution in [3.63, 3.8) is 0 Å². The first kappa shape index (κ1) is 18.0. The number of carbonyl (C=O) groups excluding carboxylic acids is 1. The van der Waals surface area contributed by atoms with Crippen molar-refractivity contribution in [2.75, 3.05) is 20.1 Å². The molecule has 0 atom stereocenters. The maximum absolute atomic E-state index is 12.9. The summed E-state index contributed by atoms with van der Waals surface area (Å²) in [4.78, 5) is 15.2. The number of rotatable bonds is 1. The van der Waals surface area contributed by atoms with Crippen molar-refractivity contribution in [2.45, 2.75) is 63.8 Å². The Morgan fingerprint density at radius 1 is 1.04 bits per heavy atom. The van der Waals surface area contributed by atoms with Gasteiger partial charge >= 0.3 is 7.12 Å². The number of fused-ring (bicyclic) bond motifs is 1. The Kier molecular flexibility index (Phi) is 4.03. The molecule has 0 radical (unpaired) electrons. The SMILES string of the molecule is CN1CCC2(CC1)CC(=O)c1cc(B3OC(C)(C)C(C)(C)O3)ccc1O2. The van der Waals surface area contributed by atoms with Gasteiger partial charge in [-0.2, -0.15) is 0 Å². The van der Waals surface area contributed by atoms with Gasteiger partial charge in [0.15, 0.2) is 5.78 Å². The maximum atomic E-state index is 12.9. The number of ketones is 1. The summed E-state index contributed by atoms with van der Waals surface area (Å²) in [5.74, 6) is 0.861. The van der Waals surface area contributed by atoms with Gasteiger partial charge in [-0.15, -0.1) is 0 Å². The quantitative estimate of drug-likeness (QED) is 0.723. The van der Waals surface area contributed by atoms with Gasteiger partial charge in [0.05, 0.1) is 23.2 Å². The van der Waals surface area contributed by atoms with Crippen molar-refractivity contribution in [1.29, 1.82) is 0 Å². The molecule has 0 saturated carbocycles. The summed E-state index contributed by atoms with van der Waals surface area (Å²) in [6.07, 6.45) is 2.25. The molecule has 6 heteroatoms. The van der Waals surface area contributed by atoms with Gasteiger partial charge in [0.25, 0.3) is 0 Å². The smallest absolute Gasteiger partial charge is 0.486 e. The van der Waals surface area contributed by atoms with Crippen LogP contribution in [0.25, 0.3) is 0 Å². The number of carbonyl (C=O) groups is 1. The molecule has 1 aromatic rings. The Morgan fingerprint density at radius 2 is 1.65 bits per heavy atom. The van der Waals surface area contributed by atoms with E-state index in [1.54, 1.807) is 0 Å². The molecule has 0 aliphatic carbocycles. The van der Waals surface area contributed by atoms with Crippen molar-refractivity contribution >= 4 is 18.4 Å². The van der Waals surface area contributed by atoms with E-state index in [0.29, 0.717) is 17.7 Å². The number of nitrogens with zero attached hydrogens (tertiary/aromatic N) is 1. The molecule has 0 unspecified atom stereocenters. The fraction of sp³-hybridized carbons (Fsp3) is 0.650. The van der Waals surface area contributed by atoms with Crippen molar-refractivity contribution in [2.24, 2.45) is 0 Å². The number of hydrogen-bond acceptors (Lipinski definition) is 5. The molecule has 1 aromatic carbocycles. The van der Waals surface area contributed by atoms with E-state index in [0.717, 1.165) is 31.4 Å². The first-order valence-corrected chi connectivity index (χ1v) is 9.51. The van der Waals surface area contributed by atoms with Gasteiger partial charge in [-0.1, -0.05) is 6.07 Å². The van der Waals surface area contributed by atoms with Crippen LogP contribution >= 0.6 is 0 Å². The van der Waals surface area contributed by atoms with Crippen molar-refractivity contribution in [3.05, 3.63) is 23.8 Å². The molecule has 5 nitrogen and oxygen atoms in total. The zero-order valence-corrected chi connectivity index (χ0v) is 16.4. The largest absolute Gasteiger partial charge is 0.494 e. The second-order valence-electron chi connectivity index (χ2n) is 9.03. The van der Waals surface area contributed by atoms with Crippen LogP contribution in [0.15, 0.2) is 18.2 Å². The molecule has 1 spiro atoms. The van der Waals surface area contributed by atoms with E-state index in [-0.39, 0.29) is 11.4 Å². The standard InChI is InChI=1S/C20H28BNO4/c1-18(2)19(3,4)26-21(25-18)14-6-7-17-15(12-14)16(23)13-20(24-17)8-10-22(5)11-9-20/h6-7,12H,8-11,13H2,1-5H3. The van der Waals surface area contributed by atoms with Crippen LogP contribution < -0.4 is 10.2 Å². The predicted molar refractivity (Wildman–Crippen MR) is 101 cm³/mol. The van der Waals surface area contributed by atoms with Crippen LogP contribution in [-0.2, 0) is 9.31 Å². The minimum atomic E-state index is -0.461. The molecular weight excluding hydrogens is 329 g/mol. The number of benzene rings is 1. The summed E-state index contributed by atoms with van der Waals surface area (Å²) in [6, 6.07) is 5.76. The third kappa shape index (κ3) is 2.88. The molecule has 0 bridgehead atoms. The third-order valence-electron chi connectivity index (χ3n) is 6.54. The van der Waals surface area contributed by atoms with Gasteiger partial charge in [0.2, 0.25) is 0 Å². The fourth-order valence-corrected chi connectivity index (χ4v) is 3.94. The lowest BCUT2D eigenvalue weighted by Gasteiger charge is -2.43. The number of likely N-dealkylation sites (tertiary alicyclic amines) is 1. The molecule has 3 aliphatic rings. The summed E-state index contributed by atoms with van der Waals surface area (Å²) in [5, 5.41) is 0. The van der Waals surface area contributed by atoms with Gasteiger partial charge < -0.3 is 18.9 Å². The predicted octanol–water partition coefficient (Wildman–Crippen LogP) is 2.42. The van der Waals surface area contributed by atoms with E-state index in [9.17, 15) is 4.79 Å². The molecule has 2 saturated heterocycles. The lowest BCUT2D eigenvalue weighted by molar-refractivity contribution is -0.00365. The zero-order valence-electron chi connectivity index (χ0n) is 16.4. The van der Waals surface area contributed by atoms with Crippen molar-refractivity contribution in [3.8, 4) is 5.75 Å². The van der Waals surface area contributed by atoms with Gasteiger partial charge in [0.1, 0.15) is 11.4 Å². The first-order valence-electron chi connectivity index (χ1n) is 9.51. The highest BCUT2D eigenvalue weighted by Gasteiger charge is 2.52. The highest BCUT2D eigenvalue weighted by atomic mass is 16.7. The van der Waals surface area contributed by atoms with Gasteiger partial charge in [-0.25, -0.2) is 0 Å². The Morgan fingerprint density at radius 3 is 2.27 bits per heavy atom. The molecule has 2 fully saturated rings. The monoisotopic (exact) mass is 357 g/mol. The minimum Gasteiger partial charge on any atom is -0.486 e.